The van der Waals surface area contributed by atoms with Crippen LogP contribution in [0.5, 0.6) is 0 Å². The number of carbonyl (C=O) groups is 1. The zero-order valence-corrected chi connectivity index (χ0v) is 11.8. The van der Waals surface area contributed by atoms with Gasteiger partial charge in [0.1, 0.15) is 0 Å². The minimum atomic E-state index is -0.142. The van der Waals surface area contributed by atoms with Crippen molar-refractivity contribution in [1.29, 1.82) is 0 Å². The number of anilines is 1. The Morgan fingerprint density at radius 3 is 2.60 bits per heavy atom. The topological polar surface area (TPSA) is 64.3 Å². The molecule has 0 saturated heterocycles. The first-order chi connectivity index (χ1) is 9.61. The summed E-state index contributed by atoms with van der Waals surface area (Å²) >= 11 is 0. The van der Waals surface area contributed by atoms with Gasteiger partial charge in [0.15, 0.2) is 0 Å². The van der Waals surface area contributed by atoms with E-state index in [0.717, 1.165) is 17.2 Å². The van der Waals surface area contributed by atoms with Crippen molar-refractivity contribution >= 4 is 22.4 Å². The lowest BCUT2D eigenvalue weighted by Crippen LogP contribution is -2.33. The average Bonchev–Trinajstić information content (AvgIpc) is 2.44. The Balaban J connectivity index is 2.19. The summed E-state index contributed by atoms with van der Waals surface area (Å²) < 4.78 is 5.01. The minimum Gasteiger partial charge on any atom is -0.398 e. The molecule has 4 heteroatoms. The van der Waals surface area contributed by atoms with Crippen molar-refractivity contribution in [3.8, 4) is 0 Å². The lowest BCUT2D eigenvalue weighted by atomic mass is 10.0. The fourth-order valence-electron chi connectivity index (χ4n) is 2.12. The first-order valence-electron chi connectivity index (χ1n) is 6.70. The molecule has 20 heavy (non-hydrogen) atoms. The van der Waals surface area contributed by atoms with Crippen molar-refractivity contribution in [3.63, 3.8) is 0 Å². The number of rotatable bonds is 5. The normalized spacial score (nSPS) is 12.3. The van der Waals surface area contributed by atoms with E-state index in [4.69, 9.17) is 10.5 Å². The van der Waals surface area contributed by atoms with Crippen LogP contribution in [0.15, 0.2) is 36.4 Å². The highest BCUT2D eigenvalue weighted by atomic mass is 16.5. The van der Waals surface area contributed by atoms with Gasteiger partial charge in [0, 0.05) is 25.4 Å². The van der Waals surface area contributed by atoms with Gasteiger partial charge in [-0.05, 0) is 36.2 Å². The lowest BCUT2D eigenvalue weighted by molar-refractivity contribution is 0.0930. The number of nitrogens with one attached hydrogen (secondary N) is 1. The lowest BCUT2D eigenvalue weighted by Gasteiger charge is -2.15. The molecule has 106 valence electrons. The van der Waals surface area contributed by atoms with E-state index < -0.39 is 0 Å². The van der Waals surface area contributed by atoms with Gasteiger partial charge in [-0.2, -0.15) is 0 Å². The molecular weight excluding hydrogens is 252 g/mol. The van der Waals surface area contributed by atoms with Crippen LogP contribution in [0.25, 0.3) is 10.8 Å². The van der Waals surface area contributed by atoms with Gasteiger partial charge in [0.25, 0.3) is 5.91 Å². The maximum absolute atomic E-state index is 12.3. The molecule has 0 bridgehead atoms. The molecule has 4 nitrogen and oxygen atoms in total. The summed E-state index contributed by atoms with van der Waals surface area (Å²) in [6, 6.07) is 11.6. The molecule has 2 aromatic carbocycles. The van der Waals surface area contributed by atoms with Crippen LogP contribution in [0.1, 0.15) is 23.7 Å². The molecule has 0 fully saturated rings. The SMILES string of the molecule is COCCC(C)NC(=O)c1cc2ccccc2cc1N. The van der Waals surface area contributed by atoms with Gasteiger partial charge in [-0.15, -0.1) is 0 Å². The average molecular weight is 272 g/mol. The van der Waals surface area contributed by atoms with Gasteiger partial charge in [0.05, 0.1) is 5.56 Å². The zero-order valence-electron chi connectivity index (χ0n) is 11.8. The molecule has 0 aliphatic carbocycles. The largest absolute Gasteiger partial charge is 0.398 e. The first-order valence-corrected chi connectivity index (χ1v) is 6.70. The van der Waals surface area contributed by atoms with Crippen molar-refractivity contribution in [2.24, 2.45) is 0 Å². The van der Waals surface area contributed by atoms with Crippen molar-refractivity contribution < 1.29 is 9.53 Å². The highest BCUT2D eigenvalue weighted by Gasteiger charge is 2.13. The van der Waals surface area contributed by atoms with E-state index in [1.165, 1.54) is 0 Å². The molecule has 0 aliphatic heterocycles. The van der Waals surface area contributed by atoms with Crippen LogP contribution in [0.3, 0.4) is 0 Å². The molecule has 0 spiro atoms. The van der Waals surface area contributed by atoms with Gasteiger partial charge in [-0.3, -0.25) is 4.79 Å². The van der Waals surface area contributed by atoms with E-state index in [1.54, 1.807) is 7.11 Å². The number of methoxy groups -OCH3 is 1. The Kier molecular flexibility index (Phi) is 4.58. The second-order valence-electron chi connectivity index (χ2n) is 4.94. The summed E-state index contributed by atoms with van der Waals surface area (Å²) in [4.78, 5) is 12.3. The number of hydrogen-bond acceptors (Lipinski definition) is 3. The van der Waals surface area contributed by atoms with Crippen LogP contribution in [-0.4, -0.2) is 25.7 Å². The van der Waals surface area contributed by atoms with E-state index in [1.807, 2.05) is 43.3 Å². The van der Waals surface area contributed by atoms with Gasteiger partial charge in [0.2, 0.25) is 0 Å². The number of carbonyl (C=O) groups excluding carboxylic acids is 1. The van der Waals surface area contributed by atoms with E-state index >= 15 is 0 Å². The summed E-state index contributed by atoms with van der Waals surface area (Å²) in [5.74, 6) is -0.142. The third kappa shape index (κ3) is 3.27. The highest BCUT2D eigenvalue weighted by Crippen LogP contribution is 2.21. The van der Waals surface area contributed by atoms with Gasteiger partial charge >= 0.3 is 0 Å². The van der Waals surface area contributed by atoms with Crippen molar-refractivity contribution in [3.05, 3.63) is 42.0 Å². The summed E-state index contributed by atoms with van der Waals surface area (Å²) in [5, 5.41) is 4.98. The number of nitrogens with two attached hydrogens (primary N) is 1. The maximum atomic E-state index is 12.3. The van der Waals surface area contributed by atoms with Gasteiger partial charge in [-0.1, -0.05) is 24.3 Å². The summed E-state index contributed by atoms with van der Waals surface area (Å²) in [6.07, 6.45) is 0.774. The predicted molar refractivity (Wildman–Crippen MR) is 81.8 cm³/mol. The van der Waals surface area contributed by atoms with E-state index in [2.05, 4.69) is 5.32 Å². The van der Waals surface area contributed by atoms with Crippen LogP contribution in [0, 0.1) is 0 Å². The Bertz CT molecular complexity index is 610. The molecule has 0 aliphatic rings. The van der Waals surface area contributed by atoms with Gasteiger partial charge in [-0.25, -0.2) is 0 Å². The highest BCUT2D eigenvalue weighted by molar-refractivity contribution is 6.04. The van der Waals surface area contributed by atoms with Crippen LogP contribution < -0.4 is 11.1 Å². The number of ether oxygens (including phenoxy) is 1. The number of hydrogen-bond donors (Lipinski definition) is 2. The Morgan fingerprint density at radius 1 is 1.30 bits per heavy atom. The minimum absolute atomic E-state index is 0.0494. The summed E-state index contributed by atoms with van der Waals surface area (Å²) in [7, 11) is 1.65. The molecule has 2 aromatic rings. The van der Waals surface area contributed by atoms with E-state index in [9.17, 15) is 4.79 Å². The molecule has 0 heterocycles. The van der Waals surface area contributed by atoms with Crippen molar-refractivity contribution in [2.45, 2.75) is 19.4 Å². The molecule has 1 unspecified atom stereocenters. The second-order valence-corrected chi connectivity index (χ2v) is 4.94. The third-order valence-corrected chi connectivity index (χ3v) is 3.29. The second kappa shape index (κ2) is 6.39. The quantitative estimate of drug-likeness (QED) is 0.822. The van der Waals surface area contributed by atoms with Crippen LogP contribution >= 0.6 is 0 Å². The predicted octanol–water partition coefficient (Wildman–Crippen LogP) is 2.58. The molecule has 1 atom stereocenters. The molecule has 0 aromatic heterocycles. The Labute approximate surface area is 118 Å². The van der Waals surface area contributed by atoms with E-state index in [0.29, 0.717) is 17.9 Å². The monoisotopic (exact) mass is 272 g/mol. The number of nitrogen functional groups attached to an aromatic ring is 1. The van der Waals surface area contributed by atoms with E-state index in [-0.39, 0.29) is 11.9 Å². The fraction of sp³-hybridized carbons (Fsp3) is 0.312. The smallest absolute Gasteiger partial charge is 0.253 e. The van der Waals surface area contributed by atoms with Crippen LogP contribution in [0.2, 0.25) is 0 Å². The molecule has 0 saturated carbocycles. The van der Waals surface area contributed by atoms with Crippen LogP contribution in [-0.2, 0) is 4.74 Å². The Morgan fingerprint density at radius 2 is 1.95 bits per heavy atom. The molecular formula is C16H20N2O2. The molecule has 0 radical (unpaired) electrons. The zero-order chi connectivity index (χ0) is 14.5. The van der Waals surface area contributed by atoms with Crippen molar-refractivity contribution in [1.82, 2.24) is 5.32 Å². The van der Waals surface area contributed by atoms with Crippen molar-refractivity contribution in [2.75, 3.05) is 19.5 Å². The number of amides is 1. The number of fused-ring (bicyclic) bond motifs is 1. The fourth-order valence-corrected chi connectivity index (χ4v) is 2.12. The van der Waals surface area contributed by atoms with Gasteiger partial charge < -0.3 is 15.8 Å². The molecule has 2 rings (SSSR count). The number of benzene rings is 2. The molecule has 1 amide bonds. The first kappa shape index (κ1) is 14.3. The summed E-state index contributed by atoms with van der Waals surface area (Å²) in [5.41, 5.74) is 7.00. The Hall–Kier alpha value is -2.07. The maximum Gasteiger partial charge on any atom is 0.253 e. The molecule has 3 N–H and O–H groups in total. The summed E-state index contributed by atoms with van der Waals surface area (Å²) in [6.45, 7) is 2.57. The standard InChI is InChI=1S/C16H20N2O2/c1-11(7-8-20-2)18-16(19)14-9-12-5-3-4-6-13(12)10-15(14)17/h3-6,9-11H,7-8,17H2,1-2H3,(H,18,19). The third-order valence-electron chi connectivity index (χ3n) is 3.29. The van der Waals surface area contributed by atoms with Crippen LogP contribution in [0.4, 0.5) is 5.69 Å².